The second kappa shape index (κ2) is 17.7. The van der Waals surface area contributed by atoms with Crippen molar-refractivity contribution in [1.29, 1.82) is 0 Å². The van der Waals surface area contributed by atoms with Crippen molar-refractivity contribution in [3.63, 3.8) is 0 Å². The number of aromatic amines is 1. The van der Waals surface area contributed by atoms with Crippen LogP contribution in [0.25, 0.3) is 10.9 Å². The third-order valence-corrected chi connectivity index (χ3v) is 6.88. The number of aromatic nitrogens is 1. The SMILES string of the molecule is NCCCCC(N)C(=O)NC(CCCCN)C(=O)NC(CCC(=O)O)C(=O)NC(Cc1c[nH]c2ccccc12)C(=O)O. The molecule has 0 aliphatic carbocycles. The zero-order chi connectivity index (χ0) is 31.1. The summed E-state index contributed by atoms with van der Waals surface area (Å²) in [7, 11) is 0. The van der Waals surface area contributed by atoms with Crippen molar-refractivity contribution < 1.29 is 34.2 Å². The Hall–Kier alpha value is -4.01. The number of hydrogen-bond donors (Lipinski definition) is 9. The van der Waals surface area contributed by atoms with Gasteiger partial charge in [-0.15, -0.1) is 0 Å². The van der Waals surface area contributed by atoms with Gasteiger partial charge in [-0.1, -0.05) is 24.6 Å². The highest BCUT2D eigenvalue weighted by molar-refractivity contribution is 5.94. The molecule has 2 aromatic rings. The van der Waals surface area contributed by atoms with Gasteiger partial charge < -0.3 is 48.3 Å². The molecule has 0 saturated carbocycles. The van der Waals surface area contributed by atoms with Gasteiger partial charge >= 0.3 is 11.9 Å². The Morgan fingerprint density at radius 3 is 1.95 bits per heavy atom. The van der Waals surface area contributed by atoms with Gasteiger partial charge in [0, 0.05) is 29.9 Å². The minimum absolute atomic E-state index is 0.0511. The van der Waals surface area contributed by atoms with Crippen LogP contribution in [0.15, 0.2) is 30.5 Å². The number of carbonyl (C=O) groups is 5. The highest BCUT2D eigenvalue weighted by Crippen LogP contribution is 2.19. The van der Waals surface area contributed by atoms with Gasteiger partial charge in [-0.2, -0.15) is 0 Å². The van der Waals surface area contributed by atoms with E-state index in [9.17, 15) is 34.2 Å². The molecular weight excluding hydrogens is 546 g/mol. The monoisotopic (exact) mass is 589 g/mol. The minimum atomic E-state index is -1.37. The molecule has 2 rings (SSSR count). The Morgan fingerprint density at radius 2 is 1.33 bits per heavy atom. The van der Waals surface area contributed by atoms with E-state index in [0.29, 0.717) is 50.8 Å². The molecule has 0 spiro atoms. The average molecular weight is 590 g/mol. The highest BCUT2D eigenvalue weighted by atomic mass is 16.4. The molecule has 12 N–H and O–H groups in total. The van der Waals surface area contributed by atoms with Gasteiger partial charge in [0.25, 0.3) is 0 Å². The van der Waals surface area contributed by atoms with Gasteiger partial charge in [-0.05, 0) is 63.2 Å². The first-order valence-electron chi connectivity index (χ1n) is 14.1. The van der Waals surface area contributed by atoms with E-state index in [0.717, 1.165) is 10.9 Å². The third-order valence-electron chi connectivity index (χ3n) is 6.88. The number of carbonyl (C=O) groups excluding carboxylic acids is 3. The number of hydrogen-bond acceptors (Lipinski definition) is 8. The molecule has 0 saturated heterocycles. The summed E-state index contributed by atoms with van der Waals surface area (Å²) in [6.45, 7) is 0.834. The Morgan fingerprint density at radius 1 is 0.762 bits per heavy atom. The van der Waals surface area contributed by atoms with Crippen LogP contribution in [0.3, 0.4) is 0 Å². The number of rotatable bonds is 20. The molecule has 42 heavy (non-hydrogen) atoms. The van der Waals surface area contributed by atoms with Crippen molar-refractivity contribution >= 4 is 40.6 Å². The van der Waals surface area contributed by atoms with E-state index in [4.69, 9.17) is 17.2 Å². The summed E-state index contributed by atoms with van der Waals surface area (Å²) in [6.07, 6.45) is 3.83. The van der Waals surface area contributed by atoms with Crippen molar-refractivity contribution in [2.45, 2.75) is 82.0 Å². The number of nitrogens with one attached hydrogen (secondary N) is 4. The normalized spacial score (nSPS) is 14.0. The lowest BCUT2D eigenvalue weighted by Crippen LogP contribution is -2.57. The molecule has 1 aromatic carbocycles. The van der Waals surface area contributed by atoms with Crippen molar-refractivity contribution in [3.05, 3.63) is 36.0 Å². The standard InChI is InChI=1S/C28H43N7O7/c29-13-5-3-8-19(31)25(38)33-21(10-4-6-14-30)26(39)34-22(11-12-24(36)37)27(40)35-23(28(41)42)15-17-16-32-20-9-2-1-7-18(17)20/h1-2,7,9,16,19,21-23,32H,3-6,8,10-15,29-31H2,(H,33,38)(H,34,39)(H,35,40)(H,36,37)(H,41,42). The number of carboxylic acids is 2. The third kappa shape index (κ3) is 11.1. The quantitative estimate of drug-likeness (QED) is 0.0911. The molecule has 14 heteroatoms. The van der Waals surface area contributed by atoms with Crippen LogP contribution in [0.1, 0.15) is 56.9 Å². The molecule has 0 aliphatic rings. The number of H-pyrrole nitrogens is 1. The summed E-state index contributed by atoms with van der Waals surface area (Å²) >= 11 is 0. The van der Waals surface area contributed by atoms with Crippen LogP contribution in [0.2, 0.25) is 0 Å². The lowest BCUT2D eigenvalue weighted by atomic mass is 10.0. The molecule has 0 fully saturated rings. The van der Waals surface area contributed by atoms with Crippen LogP contribution in [0.5, 0.6) is 0 Å². The number of para-hydroxylation sites is 1. The van der Waals surface area contributed by atoms with Crippen LogP contribution in [0, 0.1) is 0 Å². The van der Waals surface area contributed by atoms with Gasteiger partial charge in [-0.3, -0.25) is 19.2 Å². The van der Waals surface area contributed by atoms with E-state index in [1.807, 2.05) is 18.2 Å². The Balaban J connectivity index is 2.17. The number of nitrogens with two attached hydrogens (primary N) is 3. The van der Waals surface area contributed by atoms with Crippen LogP contribution < -0.4 is 33.2 Å². The summed E-state index contributed by atoms with van der Waals surface area (Å²) < 4.78 is 0. The maximum Gasteiger partial charge on any atom is 0.326 e. The van der Waals surface area contributed by atoms with Gasteiger partial charge in [-0.25, -0.2) is 4.79 Å². The van der Waals surface area contributed by atoms with Crippen LogP contribution >= 0.6 is 0 Å². The molecule has 4 unspecified atom stereocenters. The Bertz CT molecular complexity index is 1200. The average Bonchev–Trinajstić information content (AvgIpc) is 3.36. The number of aliphatic carboxylic acids is 2. The summed E-state index contributed by atoms with van der Waals surface area (Å²) in [5.74, 6) is -4.62. The maximum absolute atomic E-state index is 13.3. The predicted octanol–water partition coefficient (Wildman–Crippen LogP) is -0.300. The van der Waals surface area contributed by atoms with Crippen molar-refractivity contribution in [1.82, 2.24) is 20.9 Å². The molecule has 232 valence electrons. The van der Waals surface area contributed by atoms with E-state index in [1.165, 1.54) is 0 Å². The molecule has 4 atom stereocenters. The number of fused-ring (bicyclic) bond motifs is 1. The molecule has 14 nitrogen and oxygen atoms in total. The fourth-order valence-electron chi connectivity index (χ4n) is 4.48. The summed E-state index contributed by atoms with van der Waals surface area (Å²) in [5.41, 5.74) is 18.5. The minimum Gasteiger partial charge on any atom is -0.481 e. The van der Waals surface area contributed by atoms with Gasteiger partial charge in [0.05, 0.1) is 6.04 Å². The molecule has 0 bridgehead atoms. The molecule has 3 amide bonds. The van der Waals surface area contributed by atoms with Gasteiger partial charge in [0.15, 0.2) is 0 Å². The largest absolute Gasteiger partial charge is 0.481 e. The first-order valence-corrected chi connectivity index (χ1v) is 14.1. The smallest absolute Gasteiger partial charge is 0.326 e. The summed E-state index contributed by atoms with van der Waals surface area (Å²) in [6, 6.07) is 2.64. The predicted molar refractivity (Wildman–Crippen MR) is 156 cm³/mol. The summed E-state index contributed by atoms with van der Waals surface area (Å²) in [5, 5.41) is 27.4. The fraction of sp³-hybridized carbons (Fsp3) is 0.536. The lowest BCUT2D eigenvalue weighted by molar-refractivity contribution is -0.143. The Kier molecular flexibility index (Phi) is 14.4. The number of amides is 3. The topological polar surface area (TPSA) is 256 Å². The number of unbranched alkanes of at least 4 members (excludes halogenated alkanes) is 2. The van der Waals surface area contributed by atoms with Crippen LogP contribution in [-0.2, 0) is 30.4 Å². The molecular formula is C28H43N7O7. The molecule has 0 radical (unpaired) electrons. The van der Waals surface area contributed by atoms with Crippen LogP contribution in [0.4, 0.5) is 0 Å². The lowest BCUT2D eigenvalue weighted by Gasteiger charge is -2.25. The zero-order valence-electron chi connectivity index (χ0n) is 23.6. The van der Waals surface area contributed by atoms with Gasteiger partial charge in [0.1, 0.15) is 18.1 Å². The highest BCUT2D eigenvalue weighted by Gasteiger charge is 2.31. The molecule has 1 heterocycles. The van der Waals surface area contributed by atoms with E-state index in [1.54, 1.807) is 12.3 Å². The number of benzene rings is 1. The fourth-order valence-corrected chi connectivity index (χ4v) is 4.48. The van der Waals surface area contributed by atoms with Crippen molar-refractivity contribution in [3.8, 4) is 0 Å². The van der Waals surface area contributed by atoms with Crippen molar-refractivity contribution in [2.75, 3.05) is 13.1 Å². The maximum atomic E-state index is 13.3. The van der Waals surface area contributed by atoms with Crippen LogP contribution in [-0.4, -0.2) is 82.1 Å². The number of carboxylic acid groups (broad SMARTS) is 2. The molecule has 0 aliphatic heterocycles. The van der Waals surface area contributed by atoms with Gasteiger partial charge in [0.2, 0.25) is 17.7 Å². The zero-order valence-corrected chi connectivity index (χ0v) is 23.6. The van der Waals surface area contributed by atoms with E-state index in [2.05, 4.69) is 20.9 Å². The first-order chi connectivity index (χ1) is 20.1. The van der Waals surface area contributed by atoms with Crippen molar-refractivity contribution in [2.24, 2.45) is 17.2 Å². The first kappa shape index (κ1) is 34.2. The second-order valence-corrected chi connectivity index (χ2v) is 10.2. The molecule has 1 aromatic heterocycles. The Labute approximate surface area is 244 Å². The van der Waals surface area contributed by atoms with E-state index in [-0.39, 0.29) is 19.3 Å². The second-order valence-electron chi connectivity index (χ2n) is 10.2. The van der Waals surface area contributed by atoms with E-state index >= 15 is 0 Å². The van der Waals surface area contributed by atoms with E-state index < -0.39 is 60.2 Å². The summed E-state index contributed by atoms with van der Waals surface area (Å²) in [4.78, 5) is 65.6.